The van der Waals surface area contributed by atoms with Crippen molar-refractivity contribution in [1.29, 1.82) is 0 Å². The van der Waals surface area contributed by atoms with Gasteiger partial charge in [-0.2, -0.15) is 0 Å². The third-order valence-corrected chi connectivity index (χ3v) is 1.11. The SMILES string of the molecule is CC1=CC(C(=O)O)=C=C=C1. The van der Waals surface area contributed by atoms with Gasteiger partial charge in [0.25, 0.3) is 0 Å². The van der Waals surface area contributed by atoms with E-state index in [0.717, 1.165) is 5.57 Å². The molecule has 0 heterocycles. The fourth-order valence-corrected chi connectivity index (χ4v) is 0.648. The number of aliphatic carboxylic acids is 1. The van der Waals surface area contributed by atoms with E-state index in [0.29, 0.717) is 0 Å². The summed E-state index contributed by atoms with van der Waals surface area (Å²) >= 11 is 0. The van der Waals surface area contributed by atoms with E-state index >= 15 is 0 Å². The van der Waals surface area contributed by atoms with Crippen LogP contribution >= 0.6 is 0 Å². The molecule has 10 heavy (non-hydrogen) atoms. The number of hydrogen-bond acceptors (Lipinski definition) is 1. The molecule has 0 fully saturated rings. The summed E-state index contributed by atoms with van der Waals surface area (Å²) in [6.07, 6.45) is 3.24. The van der Waals surface area contributed by atoms with Crippen molar-refractivity contribution in [2.75, 3.05) is 0 Å². The zero-order chi connectivity index (χ0) is 7.56. The van der Waals surface area contributed by atoms with Crippen LogP contribution in [0.2, 0.25) is 0 Å². The zero-order valence-electron chi connectivity index (χ0n) is 5.51. The summed E-state index contributed by atoms with van der Waals surface area (Å²) in [6.45, 7) is 1.82. The smallest absolute Gasteiger partial charge is 0.344 e. The van der Waals surface area contributed by atoms with E-state index in [4.69, 9.17) is 5.11 Å². The van der Waals surface area contributed by atoms with Crippen LogP contribution in [0.4, 0.5) is 0 Å². The number of rotatable bonds is 1. The second-order valence-electron chi connectivity index (χ2n) is 2.02. The molecule has 0 bridgehead atoms. The van der Waals surface area contributed by atoms with Gasteiger partial charge in [-0.3, -0.25) is 0 Å². The first-order valence-corrected chi connectivity index (χ1v) is 2.83. The number of carboxylic acid groups (broad SMARTS) is 1. The van der Waals surface area contributed by atoms with Crippen molar-refractivity contribution in [1.82, 2.24) is 0 Å². The topological polar surface area (TPSA) is 37.3 Å². The van der Waals surface area contributed by atoms with Crippen LogP contribution in [-0.4, -0.2) is 11.1 Å². The third-order valence-electron chi connectivity index (χ3n) is 1.11. The Morgan fingerprint density at radius 1 is 1.70 bits per heavy atom. The van der Waals surface area contributed by atoms with E-state index in [-0.39, 0.29) is 5.57 Å². The Bertz CT molecular complexity index is 295. The lowest BCUT2D eigenvalue weighted by Gasteiger charge is -1.93. The predicted molar refractivity (Wildman–Crippen MR) is 36.5 cm³/mol. The molecule has 1 aliphatic rings. The number of carbonyl (C=O) groups is 1. The van der Waals surface area contributed by atoms with Gasteiger partial charge in [0.2, 0.25) is 0 Å². The molecule has 0 aromatic heterocycles. The Morgan fingerprint density at radius 2 is 2.40 bits per heavy atom. The lowest BCUT2D eigenvalue weighted by atomic mass is 10.1. The molecule has 50 valence electrons. The standard InChI is InChI=1S/C8H6O2/c1-6-3-2-4-7(5-6)8(9)10/h3,5H,1H3,(H,9,10). The molecule has 0 radical (unpaired) electrons. The molecule has 0 unspecified atom stereocenters. The minimum atomic E-state index is -0.958. The van der Waals surface area contributed by atoms with Crippen molar-refractivity contribution in [3.05, 3.63) is 34.8 Å². The van der Waals surface area contributed by atoms with Crippen LogP contribution in [0.3, 0.4) is 0 Å². The molecule has 1 rings (SSSR count). The Labute approximate surface area is 58.5 Å². The molecule has 0 saturated heterocycles. The maximum Gasteiger partial charge on any atom is 0.344 e. The molecule has 2 nitrogen and oxygen atoms in total. The summed E-state index contributed by atoms with van der Waals surface area (Å²) in [4.78, 5) is 10.3. The largest absolute Gasteiger partial charge is 0.477 e. The lowest BCUT2D eigenvalue weighted by molar-refractivity contribution is -0.132. The van der Waals surface area contributed by atoms with Gasteiger partial charge < -0.3 is 5.11 Å². The summed E-state index contributed by atoms with van der Waals surface area (Å²) in [6, 6.07) is 0. The van der Waals surface area contributed by atoms with Crippen molar-refractivity contribution >= 4 is 5.97 Å². The Morgan fingerprint density at radius 3 is 2.80 bits per heavy atom. The van der Waals surface area contributed by atoms with E-state index < -0.39 is 5.97 Å². The number of carboxylic acids is 1. The van der Waals surface area contributed by atoms with Gasteiger partial charge in [0, 0.05) is 0 Å². The second kappa shape index (κ2) is 2.40. The average molecular weight is 134 g/mol. The molecular formula is C8H6O2. The Balaban J connectivity index is 3.11. The number of hydrogen-bond donors (Lipinski definition) is 1. The van der Waals surface area contributed by atoms with Gasteiger partial charge in [-0.05, 0) is 24.6 Å². The first kappa shape index (κ1) is 6.63. The first-order valence-electron chi connectivity index (χ1n) is 2.83. The summed E-state index contributed by atoms with van der Waals surface area (Å²) in [5.74, 6) is -0.958. The Hall–Kier alpha value is -1.49. The van der Waals surface area contributed by atoms with Crippen molar-refractivity contribution < 1.29 is 9.90 Å². The highest BCUT2D eigenvalue weighted by Gasteiger charge is 2.03. The van der Waals surface area contributed by atoms with Crippen molar-refractivity contribution in [3.63, 3.8) is 0 Å². The molecule has 0 saturated carbocycles. The summed E-state index contributed by atoms with van der Waals surface area (Å²) < 4.78 is 0. The van der Waals surface area contributed by atoms with Crippen molar-refractivity contribution in [2.24, 2.45) is 0 Å². The molecule has 0 aromatic carbocycles. The summed E-state index contributed by atoms with van der Waals surface area (Å²) in [5, 5.41) is 8.46. The maximum absolute atomic E-state index is 10.3. The van der Waals surface area contributed by atoms with E-state index in [1.54, 1.807) is 12.2 Å². The third kappa shape index (κ3) is 1.26. The van der Waals surface area contributed by atoms with E-state index in [2.05, 4.69) is 11.5 Å². The van der Waals surface area contributed by atoms with Gasteiger partial charge in [-0.25, -0.2) is 4.79 Å². The average Bonchev–Trinajstić information content (AvgIpc) is 1.88. The fourth-order valence-electron chi connectivity index (χ4n) is 0.648. The molecule has 0 aliphatic heterocycles. The molecule has 0 amide bonds. The van der Waals surface area contributed by atoms with Gasteiger partial charge in [0.15, 0.2) is 0 Å². The quantitative estimate of drug-likeness (QED) is 0.548. The fraction of sp³-hybridized carbons (Fsp3) is 0.125. The van der Waals surface area contributed by atoms with Crippen LogP contribution in [0.15, 0.2) is 34.8 Å². The van der Waals surface area contributed by atoms with Crippen LogP contribution in [-0.2, 0) is 4.79 Å². The number of allylic oxidation sites excluding steroid dienone is 2. The molecular weight excluding hydrogens is 128 g/mol. The van der Waals surface area contributed by atoms with E-state index in [1.807, 2.05) is 6.92 Å². The van der Waals surface area contributed by atoms with Gasteiger partial charge in [-0.1, -0.05) is 11.5 Å². The zero-order valence-corrected chi connectivity index (χ0v) is 5.51. The minimum Gasteiger partial charge on any atom is -0.477 e. The van der Waals surface area contributed by atoms with Gasteiger partial charge in [-0.15, -0.1) is 0 Å². The van der Waals surface area contributed by atoms with Crippen molar-refractivity contribution in [3.8, 4) is 0 Å². The molecule has 0 aromatic rings. The first-order chi connectivity index (χ1) is 4.70. The van der Waals surface area contributed by atoms with Crippen LogP contribution in [0, 0.1) is 0 Å². The van der Waals surface area contributed by atoms with Gasteiger partial charge in [0.05, 0.1) is 0 Å². The highest BCUT2D eigenvalue weighted by atomic mass is 16.4. The molecule has 2 heteroatoms. The monoisotopic (exact) mass is 134 g/mol. The molecule has 1 aliphatic carbocycles. The minimum absolute atomic E-state index is 0.167. The van der Waals surface area contributed by atoms with Crippen LogP contribution in [0.5, 0.6) is 0 Å². The highest BCUT2D eigenvalue weighted by Crippen LogP contribution is 2.05. The summed E-state index contributed by atoms with van der Waals surface area (Å²) in [5.41, 5.74) is 6.14. The van der Waals surface area contributed by atoms with Crippen molar-refractivity contribution in [2.45, 2.75) is 6.92 Å². The molecule has 1 N–H and O–H groups in total. The second-order valence-corrected chi connectivity index (χ2v) is 2.02. The Kier molecular flexibility index (Phi) is 1.59. The van der Waals surface area contributed by atoms with Gasteiger partial charge in [0.1, 0.15) is 5.57 Å². The van der Waals surface area contributed by atoms with Gasteiger partial charge >= 0.3 is 5.97 Å². The van der Waals surface area contributed by atoms with Crippen LogP contribution in [0.1, 0.15) is 6.92 Å². The van der Waals surface area contributed by atoms with E-state index in [1.165, 1.54) is 0 Å². The molecule has 0 spiro atoms. The van der Waals surface area contributed by atoms with Crippen LogP contribution in [0.25, 0.3) is 0 Å². The predicted octanol–water partition coefficient (Wildman–Crippen LogP) is 1.27. The van der Waals surface area contributed by atoms with E-state index in [9.17, 15) is 4.79 Å². The maximum atomic E-state index is 10.3. The summed E-state index contributed by atoms with van der Waals surface area (Å²) in [7, 11) is 0. The normalized spacial score (nSPS) is 14.5. The lowest BCUT2D eigenvalue weighted by Crippen LogP contribution is -1.97. The van der Waals surface area contributed by atoms with Crippen LogP contribution < -0.4 is 0 Å². The molecule has 0 atom stereocenters. The highest BCUT2D eigenvalue weighted by molar-refractivity contribution is 5.90.